The summed E-state index contributed by atoms with van der Waals surface area (Å²) in [6, 6.07) is 17.1. The van der Waals surface area contributed by atoms with Crippen LogP contribution in [-0.4, -0.2) is 28.0 Å². The number of nitrogens with one attached hydrogen (secondary N) is 2. The Kier molecular flexibility index (Phi) is 7.04. The van der Waals surface area contributed by atoms with Crippen molar-refractivity contribution in [3.8, 4) is 11.5 Å². The van der Waals surface area contributed by atoms with E-state index in [1.165, 1.54) is 25.3 Å². The molecule has 0 unspecified atom stereocenters. The zero-order valence-corrected chi connectivity index (χ0v) is 18.5. The first-order chi connectivity index (χ1) is 14.8. The van der Waals surface area contributed by atoms with Crippen LogP contribution in [0.15, 0.2) is 71.6 Å². The molecule has 31 heavy (non-hydrogen) atoms. The summed E-state index contributed by atoms with van der Waals surface area (Å²) in [6.07, 6.45) is 0. The molecule has 1 amide bonds. The zero-order chi connectivity index (χ0) is 22.4. The van der Waals surface area contributed by atoms with E-state index in [0.29, 0.717) is 28.8 Å². The molecule has 7 nitrogen and oxygen atoms in total. The van der Waals surface area contributed by atoms with Gasteiger partial charge in [0.1, 0.15) is 11.5 Å². The van der Waals surface area contributed by atoms with E-state index in [4.69, 9.17) is 21.1 Å². The van der Waals surface area contributed by atoms with Gasteiger partial charge in [0.15, 0.2) is 0 Å². The number of benzene rings is 3. The summed E-state index contributed by atoms with van der Waals surface area (Å²) in [5.74, 6) is 0.660. The molecule has 0 saturated heterocycles. The third-order valence-electron chi connectivity index (χ3n) is 4.23. The normalized spacial score (nSPS) is 10.9. The van der Waals surface area contributed by atoms with Gasteiger partial charge < -0.3 is 14.8 Å². The van der Waals surface area contributed by atoms with E-state index in [0.717, 1.165) is 0 Å². The molecule has 0 spiro atoms. The summed E-state index contributed by atoms with van der Waals surface area (Å²) < 4.78 is 38.2. The van der Waals surface area contributed by atoms with E-state index in [9.17, 15) is 13.2 Å². The largest absolute Gasteiger partial charge is 0.495 e. The highest BCUT2D eigenvalue weighted by atomic mass is 35.5. The maximum Gasteiger partial charge on any atom is 0.261 e. The Morgan fingerprint density at radius 2 is 1.74 bits per heavy atom. The lowest BCUT2D eigenvalue weighted by Gasteiger charge is -2.11. The predicted molar refractivity (Wildman–Crippen MR) is 121 cm³/mol. The first kappa shape index (κ1) is 22.5. The van der Waals surface area contributed by atoms with Crippen molar-refractivity contribution >= 4 is 38.9 Å². The van der Waals surface area contributed by atoms with Crippen LogP contribution >= 0.6 is 11.6 Å². The monoisotopic (exact) mass is 460 g/mol. The quantitative estimate of drug-likeness (QED) is 0.503. The van der Waals surface area contributed by atoms with Gasteiger partial charge in [-0.05, 0) is 67.6 Å². The first-order valence-corrected chi connectivity index (χ1v) is 11.2. The standard InChI is InChI=1S/C22H21ClN2O5S/c1-3-30-18-8-10-19(11-9-18)31(27,28)25-17-6-4-5-15(13-17)22(26)24-16-7-12-21(29-2)20(23)14-16/h4-14,25H,3H2,1-2H3,(H,24,26). The SMILES string of the molecule is CCOc1ccc(S(=O)(=O)Nc2cccc(C(=O)Nc3ccc(OC)c(Cl)c3)c2)cc1. The van der Waals surface area contributed by atoms with Crippen molar-refractivity contribution in [1.29, 1.82) is 0 Å². The maximum atomic E-state index is 12.7. The van der Waals surface area contributed by atoms with E-state index >= 15 is 0 Å². The van der Waals surface area contributed by atoms with Crippen LogP contribution in [0.25, 0.3) is 0 Å². The van der Waals surface area contributed by atoms with Crippen LogP contribution < -0.4 is 19.5 Å². The van der Waals surface area contributed by atoms with Crippen molar-refractivity contribution in [2.75, 3.05) is 23.8 Å². The highest BCUT2D eigenvalue weighted by Gasteiger charge is 2.16. The maximum absolute atomic E-state index is 12.7. The molecule has 0 atom stereocenters. The average Bonchev–Trinajstić information content (AvgIpc) is 2.74. The lowest BCUT2D eigenvalue weighted by molar-refractivity contribution is 0.102. The molecule has 9 heteroatoms. The fourth-order valence-electron chi connectivity index (χ4n) is 2.77. The Morgan fingerprint density at radius 3 is 2.39 bits per heavy atom. The van der Waals surface area contributed by atoms with Crippen LogP contribution in [0.5, 0.6) is 11.5 Å². The van der Waals surface area contributed by atoms with Gasteiger partial charge in [-0.2, -0.15) is 0 Å². The van der Waals surface area contributed by atoms with E-state index in [1.807, 2.05) is 6.92 Å². The molecule has 162 valence electrons. The summed E-state index contributed by atoms with van der Waals surface area (Å²) in [7, 11) is -2.33. The number of hydrogen-bond acceptors (Lipinski definition) is 5. The lowest BCUT2D eigenvalue weighted by atomic mass is 10.2. The van der Waals surface area contributed by atoms with Gasteiger partial charge in [0.2, 0.25) is 0 Å². The number of methoxy groups -OCH3 is 1. The minimum Gasteiger partial charge on any atom is -0.495 e. The smallest absolute Gasteiger partial charge is 0.261 e. The van der Waals surface area contributed by atoms with Crippen LogP contribution in [0.2, 0.25) is 5.02 Å². The lowest BCUT2D eigenvalue weighted by Crippen LogP contribution is -2.15. The Labute approximate surface area is 186 Å². The fourth-order valence-corrected chi connectivity index (χ4v) is 4.07. The first-order valence-electron chi connectivity index (χ1n) is 9.33. The van der Waals surface area contributed by atoms with E-state index < -0.39 is 15.9 Å². The van der Waals surface area contributed by atoms with E-state index in [1.54, 1.807) is 48.5 Å². The van der Waals surface area contributed by atoms with Crippen LogP contribution in [-0.2, 0) is 10.0 Å². The molecule has 0 aliphatic carbocycles. The molecule has 0 aromatic heterocycles. The van der Waals surface area contributed by atoms with Crippen molar-refractivity contribution < 1.29 is 22.7 Å². The Morgan fingerprint density at radius 1 is 1.00 bits per heavy atom. The molecule has 3 aromatic rings. The molecule has 0 aliphatic rings. The van der Waals surface area contributed by atoms with Crippen LogP contribution in [0.3, 0.4) is 0 Å². The van der Waals surface area contributed by atoms with Gasteiger partial charge in [0.25, 0.3) is 15.9 Å². The van der Waals surface area contributed by atoms with Gasteiger partial charge in [0.05, 0.1) is 23.6 Å². The number of rotatable bonds is 8. The molecule has 0 aliphatic heterocycles. The molecule has 0 saturated carbocycles. The predicted octanol–water partition coefficient (Wildman–Crippen LogP) is 4.80. The highest BCUT2D eigenvalue weighted by molar-refractivity contribution is 7.92. The number of sulfonamides is 1. The molecular formula is C22H21ClN2O5S. The van der Waals surface area contributed by atoms with Crippen molar-refractivity contribution in [2.45, 2.75) is 11.8 Å². The van der Waals surface area contributed by atoms with Crippen LogP contribution in [0.4, 0.5) is 11.4 Å². The van der Waals surface area contributed by atoms with Crippen molar-refractivity contribution in [3.05, 3.63) is 77.3 Å². The summed E-state index contributed by atoms with van der Waals surface area (Å²) in [5.41, 5.74) is 1.02. The number of ether oxygens (including phenoxy) is 2. The van der Waals surface area contributed by atoms with E-state index in [-0.39, 0.29) is 16.1 Å². The molecule has 0 radical (unpaired) electrons. The number of carbonyl (C=O) groups is 1. The van der Waals surface area contributed by atoms with Crippen molar-refractivity contribution in [2.24, 2.45) is 0 Å². The van der Waals surface area contributed by atoms with Gasteiger partial charge in [-0.25, -0.2) is 8.42 Å². The second-order valence-electron chi connectivity index (χ2n) is 6.39. The molecule has 0 heterocycles. The summed E-state index contributed by atoms with van der Waals surface area (Å²) in [4.78, 5) is 12.7. The van der Waals surface area contributed by atoms with Crippen LogP contribution in [0.1, 0.15) is 17.3 Å². The Bertz CT molecular complexity index is 1180. The number of anilines is 2. The third-order valence-corrected chi connectivity index (χ3v) is 5.92. The zero-order valence-electron chi connectivity index (χ0n) is 16.9. The molecule has 3 rings (SSSR count). The number of amides is 1. The van der Waals surface area contributed by atoms with Gasteiger partial charge in [0, 0.05) is 16.9 Å². The molecule has 0 bridgehead atoms. The van der Waals surface area contributed by atoms with Crippen LogP contribution in [0, 0.1) is 0 Å². The van der Waals surface area contributed by atoms with Gasteiger partial charge in [-0.3, -0.25) is 9.52 Å². The number of carbonyl (C=O) groups excluding carboxylic acids is 1. The number of hydrogen-bond donors (Lipinski definition) is 2. The van der Waals surface area contributed by atoms with Gasteiger partial charge in [-0.15, -0.1) is 0 Å². The second-order valence-corrected chi connectivity index (χ2v) is 8.48. The fraction of sp³-hybridized carbons (Fsp3) is 0.136. The Hall–Kier alpha value is -3.23. The molecule has 2 N–H and O–H groups in total. The molecule has 3 aromatic carbocycles. The summed E-state index contributed by atoms with van der Waals surface area (Å²) in [6.45, 7) is 2.33. The van der Waals surface area contributed by atoms with Gasteiger partial charge in [-0.1, -0.05) is 17.7 Å². The Balaban J connectivity index is 1.74. The average molecular weight is 461 g/mol. The highest BCUT2D eigenvalue weighted by Crippen LogP contribution is 2.27. The summed E-state index contributed by atoms with van der Waals surface area (Å²) in [5, 5.41) is 3.08. The molecule has 0 fully saturated rings. The van der Waals surface area contributed by atoms with Gasteiger partial charge >= 0.3 is 0 Å². The van der Waals surface area contributed by atoms with E-state index in [2.05, 4.69) is 10.0 Å². The topological polar surface area (TPSA) is 93.7 Å². The minimum atomic E-state index is -3.83. The summed E-state index contributed by atoms with van der Waals surface area (Å²) >= 11 is 6.08. The molecular weight excluding hydrogens is 440 g/mol. The number of halogens is 1. The van der Waals surface area contributed by atoms with Crippen molar-refractivity contribution in [1.82, 2.24) is 0 Å². The third kappa shape index (κ3) is 5.68. The van der Waals surface area contributed by atoms with Crippen molar-refractivity contribution in [3.63, 3.8) is 0 Å². The minimum absolute atomic E-state index is 0.0821. The second kappa shape index (κ2) is 9.72.